The molecule has 2 heterocycles. The highest BCUT2D eigenvalue weighted by Gasteiger charge is 2.21. The highest BCUT2D eigenvalue weighted by molar-refractivity contribution is 5.94. The van der Waals surface area contributed by atoms with E-state index in [1.807, 2.05) is 6.07 Å². The van der Waals surface area contributed by atoms with Crippen molar-refractivity contribution in [2.75, 3.05) is 18.8 Å². The normalized spacial score (nSPS) is 15.9. The summed E-state index contributed by atoms with van der Waals surface area (Å²) in [7, 11) is 0. The van der Waals surface area contributed by atoms with Crippen molar-refractivity contribution in [3.8, 4) is 0 Å². The van der Waals surface area contributed by atoms with Gasteiger partial charge in [0, 0.05) is 37.4 Å². The van der Waals surface area contributed by atoms with Crippen molar-refractivity contribution >= 4 is 11.7 Å². The van der Waals surface area contributed by atoms with E-state index in [4.69, 9.17) is 5.73 Å². The molecule has 1 aromatic carbocycles. The van der Waals surface area contributed by atoms with Crippen LogP contribution in [-0.2, 0) is 13.2 Å². The number of carbonyl (C=O) groups excluding carboxylic acids is 1. The molecule has 3 rings (SSSR count). The number of aliphatic hydroxyl groups is 1. The van der Waals surface area contributed by atoms with Crippen molar-refractivity contribution in [1.29, 1.82) is 0 Å². The number of likely N-dealkylation sites (tertiary alicyclic amines) is 1. The maximum Gasteiger partial charge on any atom is 0.253 e. The van der Waals surface area contributed by atoms with Crippen LogP contribution in [0.5, 0.6) is 0 Å². The second-order valence-corrected chi connectivity index (χ2v) is 6.44. The zero-order valence-corrected chi connectivity index (χ0v) is 14.2. The van der Waals surface area contributed by atoms with Gasteiger partial charge in [0.25, 0.3) is 5.91 Å². The third kappa shape index (κ3) is 4.55. The summed E-state index contributed by atoms with van der Waals surface area (Å²) in [6.45, 7) is 2.64. The molecule has 1 fully saturated rings. The van der Waals surface area contributed by atoms with Gasteiger partial charge in [-0.2, -0.15) is 0 Å². The first-order chi connectivity index (χ1) is 12.2. The number of anilines is 1. The molecule has 2 aromatic rings. The molecule has 1 aliphatic rings. The second kappa shape index (κ2) is 8.09. The Balaban J connectivity index is 1.51. The number of nitrogens with one attached hydrogen (secondary N) is 1. The first-order valence-corrected chi connectivity index (χ1v) is 8.58. The molecule has 0 spiro atoms. The number of amides is 1. The summed E-state index contributed by atoms with van der Waals surface area (Å²) in [5.41, 5.74) is 7.88. The number of hydrogen-bond donors (Lipinski definition) is 3. The average molecular weight is 340 g/mol. The molecule has 0 atom stereocenters. The van der Waals surface area contributed by atoms with E-state index in [1.165, 1.54) is 11.8 Å². The number of carbonyl (C=O) groups is 1. The quantitative estimate of drug-likeness (QED) is 0.768. The third-order valence-electron chi connectivity index (χ3n) is 4.61. The summed E-state index contributed by atoms with van der Waals surface area (Å²) in [5, 5.41) is 12.3. The number of pyridine rings is 1. The Morgan fingerprint density at radius 1 is 1.28 bits per heavy atom. The number of benzene rings is 1. The lowest BCUT2D eigenvalue weighted by Crippen LogP contribution is -2.44. The summed E-state index contributed by atoms with van der Waals surface area (Å²) in [4.78, 5) is 18.8. The van der Waals surface area contributed by atoms with Crippen LogP contribution in [0.1, 0.15) is 34.3 Å². The number of rotatable bonds is 5. The maximum atomic E-state index is 12.4. The van der Waals surface area contributed by atoms with Crippen molar-refractivity contribution in [2.24, 2.45) is 0 Å². The van der Waals surface area contributed by atoms with Gasteiger partial charge in [-0.25, -0.2) is 4.98 Å². The lowest BCUT2D eigenvalue weighted by atomic mass is 10.0. The van der Waals surface area contributed by atoms with E-state index in [0.29, 0.717) is 11.1 Å². The largest absolute Gasteiger partial charge is 0.392 e. The van der Waals surface area contributed by atoms with Gasteiger partial charge in [-0.15, -0.1) is 0 Å². The number of nitrogens with zero attached hydrogens (tertiary/aromatic N) is 2. The van der Waals surface area contributed by atoms with Crippen LogP contribution >= 0.6 is 0 Å². The molecule has 0 saturated carbocycles. The Bertz CT molecular complexity index is 713. The van der Waals surface area contributed by atoms with Crippen molar-refractivity contribution in [3.05, 3.63) is 59.3 Å². The molecule has 1 saturated heterocycles. The number of nitrogens with two attached hydrogens (primary N) is 1. The minimum absolute atomic E-state index is 0.162. The molecule has 1 aliphatic heterocycles. The van der Waals surface area contributed by atoms with Crippen molar-refractivity contribution in [1.82, 2.24) is 15.2 Å². The highest BCUT2D eigenvalue weighted by atomic mass is 16.3. The maximum absolute atomic E-state index is 12.4. The zero-order valence-electron chi connectivity index (χ0n) is 14.2. The Morgan fingerprint density at radius 2 is 2.00 bits per heavy atom. The molecule has 25 heavy (non-hydrogen) atoms. The van der Waals surface area contributed by atoms with Crippen LogP contribution in [0, 0.1) is 0 Å². The minimum Gasteiger partial charge on any atom is -0.392 e. The highest BCUT2D eigenvalue weighted by Crippen LogP contribution is 2.15. The Labute approximate surface area is 147 Å². The molecule has 0 radical (unpaired) electrons. The van der Waals surface area contributed by atoms with Crippen LogP contribution in [0.15, 0.2) is 42.6 Å². The molecule has 4 N–H and O–H groups in total. The molecule has 6 nitrogen and oxygen atoms in total. The smallest absolute Gasteiger partial charge is 0.253 e. The van der Waals surface area contributed by atoms with Gasteiger partial charge in [-0.05, 0) is 24.5 Å². The van der Waals surface area contributed by atoms with E-state index in [0.717, 1.165) is 32.5 Å². The van der Waals surface area contributed by atoms with Gasteiger partial charge in [-0.3, -0.25) is 9.69 Å². The van der Waals surface area contributed by atoms with Crippen molar-refractivity contribution < 1.29 is 9.90 Å². The van der Waals surface area contributed by atoms with Crippen molar-refractivity contribution in [3.63, 3.8) is 0 Å². The molecule has 1 aromatic heterocycles. The summed E-state index contributed by atoms with van der Waals surface area (Å²) >= 11 is 0. The number of aliphatic hydroxyl groups excluding tert-OH is 1. The summed E-state index contributed by atoms with van der Waals surface area (Å²) in [6.07, 6.45) is 3.30. The van der Waals surface area contributed by atoms with E-state index >= 15 is 0 Å². The Morgan fingerprint density at radius 3 is 2.68 bits per heavy atom. The predicted molar refractivity (Wildman–Crippen MR) is 96.8 cm³/mol. The molecule has 0 unspecified atom stereocenters. The molecular weight excluding hydrogens is 316 g/mol. The Hall–Kier alpha value is -2.44. The van der Waals surface area contributed by atoms with E-state index in [9.17, 15) is 9.90 Å². The first kappa shape index (κ1) is 17.4. The van der Waals surface area contributed by atoms with Crippen LogP contribution in [0.4, 0.5) is 5.82 Å². The van der Waals surface area contributed by atoms with Crippen LogP contribution in [-0.4, -0.2) is 40.0 Å². The average Bonchev–Trinajstić information content (AvgIpc) is 2.64. The fourth-order valence-corrected chi connectivity index (χ4v) is 3.12. The molecule has 6 heteroatoms. The van der Waals surface area contributed by atoms with Gasteiger partial charge in [0.05, 0.1) is 12.2 Å². The van der Waals surface area contributed by atoms with Gasteiger partial charge in [0.15, 0.2) is 0 Å². The summed E-state index contributed by atoms with van der Waals surface area (Å²) < 4.78 is 0. The van der Waals surface area contributed by atoms with Gasteiger partial charge in [-0.1, -0.05) is 30.3 Å². The van der Waals surface area contributed by atoms with Crippen LogP contribution in [0.2, 0.25) is 0 Å². The SMILES string of the molecule is Nc1ncc(C(=O)NC2CCN(Cc3ccccc3)CC2)cc1CO. The number of piperidine rings is 1. The lowest BCUT2D eigenvalue weighted by molar-refractivity contribution is 0.0908. The van der Waals surface area contributed by atoms with Gasteiger partial charge < -0.3 is 16.2 Å². The summed E-state index contributed by atoms with van der Waals surface area (Å²) in [6, 6.07) is 12.2. The zero-order chi connectivity index (χ0) is 17.6. The van der Waals surface area contributed by atoms with Crippen molar-refractivity contribution in [2.45, 2.75) is 32.0 Å². The lowest BCUT2D eigenvalue weighted by Gasteiger charge is -2.32. The topological polar surface area (TPSA) is 91.5 Å². The second-order valence-electron chi connectivity index (χ2n) is 6.44. The molecule has 1 amide bonds. The molecule has 0 bridgehead atoms. The fraction of sp³-hybridized carbons (Fsp3) is 0.368. The Kier molecular flexibility index (Phi) is 5.63. The van der Waals surface area contributed by atoms with Crippen LogP contribution in [0.3, 0.4) is 0 Å². The standard InChI is InChI=1S/C19H24N4O2/c20-18-16(13-24)10-15(11-21-18)19(25)22-17-6-8-23(9-7-17)12-14-4-2-1-3-5-14/h1-5,10-11,17,24H,6-9,12-13H2,(H2,20,21)(H,22,25). The van der Waals surface area contributed by atoms with Crippen LogP contribution in [0.25, 0.3) is 0 Å². The molecular formula is C19H24N4O2. The van der Waals surface area contributed by atoms with Gasteiger partial charge in [0.2, 0.25) is 0 Å². The molecule has 0 aliphatic carbocycles. The number of nitrogen functional groups attached to an aromatic ring is 1. The van der Waals surface area contributed by atoms with E-state index in [1.54, 1.807) is 6.07 Å². The third-order valence-corrected chi connectivity index (χ3v) is 4.61. The summed E-state index contributed by atoms with van der Waals surface area (Å²) in [5.74, 6) is 0.0944. The van der Waals surface area contributed by atoms with E-state index < -0.39 is 0 Å². The number of aromatic nitrogens is 1. The van der Waals surface area contributed by atoms with Gasteiger partial charge >= 0.3 is 0 Å². The van der Waals surface area contributed by atoms with E-state index in [2.05, 4.69) is 39.5 Å². The van der Waals surface area contributed by atoms with E-state index in [-0.39, 0.29) is 24.4 Å². The van der Waals surface area contributed by atoms with Gasteiger partial charge in [0.1, 0.15) is 5.82 Å². The predicted octanol–water partition coefficient (Wildman–Crippen LogP) is 1.55. The molecule has 132 valence electrons. The number of hydrogen-bond acceptors (Lipinski definition) is 5. The minimum atomic E-state index is -0.224. The first-order valence-electron chi connectivity index (χ1n) is 8.58. The van der Waals surface area contributed by atoms with Crippen LogP contribution < -0.4 is 11.1 Å². The fourth-order valence-electron chi connectivity index (χ4n) is 3.12. The monoisotopic (exact) mass is 340 g/mol.